The molecule has 1 heterocycles. The van der Waals surface area contributed by atoms with Crippen molar-refractivity contribution >= 4 is 17.5 Å². The van der Waals surface area contributed by atoms with Crippen LogP contribution < -0.4 is 4.74 Å². The highest BCUT2D eigenvalue weighted by Gasteiger charge is 2.32. The first-order valence-electron chi connectivity index (χ1n) is 8.56. The van der Waals surface area contributed by atoms with Crippen LogP contribution in [-0.4, -0.2) is 54.4 Å². The van der Waals surface area contributed by atoms with E-state index in [0.717, 1.165) is 33.6 Å². The summed E-state index contributed by atoms with van der Waals surface area (Å²) in [6, 6.07) is 1.85. The van der Waals surface area contributed by atoms with Gasteiger partial charge in [0.15, 0.2) is 5.78 Å². The fraction of sp³-hybridized carbons (Fsp3) is 0.450. The third-order valence-electron chi connectivity index (χ3n) is 4.64. The average molecular weight is 359 g/mol. The van der Waals surface area contributed by atoms with E-state index in [9.17, 15) is 9.90 Å². The Hall–Kier alpha value is -1.56. The minimum Gasteiger partial charge on any atom is -0.491 e. The summed E-state index contributed by atoms with van der Waals surface area (Å²) in [7, 11) is 3.83. The molecule has 2 atom stereocenters. The van der Waals surface area contributed by atoms with Crippen LogP contribution in [0.25, 0.3) is 0 Å². The molecule has 2 unspecified atom stereocenters. The van der Waals surface area contributed by atoms with E-state index in [4.69, 9.17) is 4.74 Å². The van der Waals surface area contributed by atoms with Gasteiger partial charge < -0.3 is 14.7 Å². The van der Waals surface area contributed by atoms with E-state index in [1.807, 2.05) is 45.0 Å². The van der Waals surface area contributed by atoms with Crippen molar-refractivity contribution in [3.8, 4) is 5.75 Å². The van der Waals surface area contributed by atoms with Gasteiger partial charge in [-0.05, 0) is 51.6 Å². The number of aliphatic hydroxyl groups is 1. The molecule has 3 rings (SSSR count). The maximum Gasteiger partial charge on any atom is 0.191 e. The van der Waals surface area contributed by atoms with E-state index in [1.165, 1.54) is 0 Å². The highest BCUT2D eigenvalue weighted by Crippen LogP contribution is 2.45. The number of allylic oxidation sites excluding steroid dienone is 2. The van der Waals surface area contributed by atoms with Crippen molar-refractivity contribution in [1.29, 1.82) is 0 Å². The van der Waals surface area contributed by atoms with Crippen LogP contribution in [0.4, 0.5) is 0 Å². The first kappa shape index (κ1) is 18.2. The van der Waals surface area contributed by atoms with E-state index in [-0.39, 0.29) is 17.6 Å². The topological polar surface area (TPSA) is 49.8 Å². The maximum atomic E-state index is 12.9. The monoisotopic (exact) mass is 359 g/mol. The van der Waals surface area contributed by atoms with E-state index in [0.29, 0.717) is 12.3 Å². The molecule has 0 saturated heterocycles. The Kier molecular flexibility index (Phi) is 5.37. The number of likely N-dealkylation sites (N-methyl/N-ethyl adjacent to an activating group) is 1. The van der Waals surface area contributed by atoms with Crippen LogP contribution in [0.2, 0.25) is 0 Å². The molecule has 25 heavy (non-hydrogen) atoms. The number of hydrogen-bond acceptors (Lipinski definition) is 5. The van der Waals surface area contributed by atoms with Crippen molar-refractivity contribution in [1.82, 2.24) is 4.90 Å². The Morgan fingerprint density at radius 3 is 2.84 bits per heavy atom. The lowest BCUT2D eigenvalue weighted by molar-refractivity contribution is 0.0827. The molecule has 4 nitrogen and oxygen atoms in total. The average Bonchev–Trinajstić information content (AvgIpc) is 2.57. The van der Waals surface area contributed by atoms with Crippen molar-refractivity contribution in [2.45, 2.75) is 36.5 Å². The van der Waals surface area contributed by atoms with Crippen molar-refractivity contribution < 1.29 is 14.6 Å². The van der Waals surface area contributed by atoms with Gasteiger partial charge in [-0.25, -0.2) is 0 Å². The predicted molar refractivity (Wildman–Crippen MR) is 102 cm³/mol. The summed E-state index contributed by atoms with van der Waals surface area (Å²) in [5.41, 5.74) is 3.72. The number of ether oxygens (including phenoxy) is 1. The minimum atomic E-state index is -0.564. The van der Waals surface area contributed by atoms with Crippen molar-refractivity contribution in [2.24, 2.45) is 0 Å². The smallest absolute Gasteiger partial charge is 0.191 e. The van der Waals surface area contributed by atoms with Gasteiger partial charge in [0.05, 0.1) is 5.25 Å². The third-order valence-corrected chi connectivity index (χ3v) is 6.07. The number of rotatable bonds is 5. The van der Waals surface area contributed by atoms with Gasteiger partial charge in [0.2, 0.25) is 0 Å². The normalized spacial score (nSPS) is 20.2. The Bertz CT molecular complexity index is 752. The number of benzene rings is 1. The number of nitrogens with zero attached hydrogens (tertiary/aromatic N) is 1. The summed E-state index contributed by atoms with van der Waals surface area (Å²) in [4.78, 5) is 15.9. The quantitative estimate of drug-likeness (QED) is 0.819. The molecule has 0 saturated carbocycles. The summed E-state index contributed by atoms with van der Waals surface area (Å²) in [5.74, 6) is 0.790. The molecule has 2 aliphatic rings. The summed E-state index contributed by atoms with van der Waals surface area (Å²) in [6.07, 6.45) is 6.52. The summed E-state index contributed by atoms with van der Waals surface area (Å²) in [6.45, 7) is 4.81. The largest absolute Gasteiger partial charge is 0.491 e. The molecule has 1 aromatic carbocycles. The lowest BCUT2D eigenvalue weighted by atomic mass is 9.93. The van der Waals surface area contributed by atoms with Crippen LogP contribution in [0.3, 0.4) is 0 Å². The lowest BCUT2D eigenvalue weighted by Crippen LogP contribution is -2.30. The Labute approximate surface area is 153 Å². The number of Topliss-reactive ketones (excluding diaryl/α,β-unsaturated/α-hetero) is 1. The standard InChI is InChI=1S/C20H25NO3S/c1-12-13(2)20-16(9-17(12)24-11-14(22)10-21(3)4)19(23)15-7-5-6-8-18(15)25-20/h6-9,14,18,22H,5,10-11H2,1-4H3. The van der Waals surface area contributed by atoms with Crippen LogP contribution in [0.1, 0.15) is 27.9 Å². The zero-order valence-electron chi connectivity index (χ0n) is 15.2. The second-order valence-electron chi connectivity index (χ2n) is 6.92. The highest BCUT2D eigenvalue weighted by atomic mass is 32.2. The number of hydrogen-bond donors (Lipinski definition) is 1. The zero-order valence-corrected chi connectivity index (χ0v) is 16.0. The lowest BCUT2D eigenvalue weighted by Gasteiger charge is -2.28. The molecular formula is C20H25NO3S. The van der Waals surface area contributed by atoms with Gasteiger partial charge in [0, 0.05) is 22.6 Å². The molecule has 0 radical (unpaired) electrons. The fourth-order valence-corrected chi connectivity index (χ4v) is 4.60. The van der Waals surface area contributed by atoms with Gasteiger partial charge in [-0.2, -0.15) is 0 Å². The van der Waals surface area contributed by atoms with Crippen molar-refractivity contribution in [3.05, 3.63) is 46.6 Å². The number of ketones is 1. The Balaban J connectivity index is 1.88. The molecule has 134 valence electrons. The van der Waals surface area contributed by atoms with Crippen LogP contribution in [-0.2, 0) is 0 Å². The molecule has 1 aliphatic carbocycles. The number of carbonyl (C=O) groups is 1. The van der Waals surface area contributed by atoms with Crippen LogP contribution in [0.5, 0.6) is 5.75 Å². The van der Waals surface area contributed by atoms with E-state index >= 15 is 0 Å². The zero-order chi connectivity index (χ0) is 18.1. The molecule has 0 amide bonds. The number of thioether (sulfide) groups is 1. The molecule has 1 N–H and O–H groups in total. The minimum absolute atomic E-state index is 0.102. The molecule has 1 aliphatic heterocycles. The summed E-state index contributed by atoms with van der Waals surface area (Å²) >= 11 is 1.74. The Morgan fingerprint density at radius 1 is 1.36 bits per heavy atom. The predicted octanol–water partition coefficient (Wildman–Crippen LogP) is 3.15. The van der Waals surface area contributed by atoms with Crippen molar-refractivity contribution in [2.75, 3.05) is 27.2 Å². The fourth-order valence-electron chi connectivity index (χ4n) is 3.22. The van der Waals surface area contributed by atoms with Crippen LogP contribution in [0, 0.1) is 13.8 Å². The molecule has 0 bridgehead atoms. The van der Waals surface area contributed by atoms with Gasteiger partial charge in [0.25, 0.3) is 0 Å². The second-order valence-corrected chi connectivity index (χ2v) is 8.07. The van der Waals surface area contributed by atoms with Gasteiger partial charge >= 0.3 is 0 Å². The third kappa shape index (κ3) is 3.68. The van der Waals surface area contributed by atoms with Crippen LogP contribution >= 0.6 is 11.8 Å². The maximum absolute atomic E-state index is 12.9. The van der Waals surface area contributed by atoms with Gasteiger partial charge in [-0.15, -0.1) is 11.8 Å². The van der Waals surface area contributed by atoms with E-state index in [2.05, 4.69) is 12.2 Å². The molecule has 0 fully saturated rings. The van der Waals surface area contributed by atoms with Crippen molar-refractivity contribution in [3.63, 3.8) is 0 Å². The SMILES string of the molecule is Cc1c(OCC(O)CN(C)C)cc2c(c1C)SC1C=CCC=C1C2=O. The van der Waals surface area contributed by atoms with Gasteiger partial charge in [-0.1, -0.05) is 18.2 Å². The van der Waals surface area contributed by atoms with Gasteiger partial charge in [0.1, 0.15) is 18.5 Å². The first-order chi connectivity index (χ1) is 11.9. The van der Waals surface area contributed by atoms with E-state index in [1.54, 1.807) is 11.8 Å². The summed E-state index contributed by atoms with van der Waals surface area (Å²) < 4.78 is 5.86. The Morgan fingerprint density at radius 2 is 2.12 bits per heavy atom. The highest BCUT2D eigenvalue weighted by molar-refractivity contribution is 8.00. The number of aliphatic hydroxyl groups excluding tert-OH is 1. The molecule has 0 aromatic heterocycles. The molecular weight excluding hydrogens is 334 g/mol. The number of carbonyl (C=O) groups excluding carboxylic acids is 1. The van der Waals surface area contributed by atoms with Crippen LogP contribution in [0.15, 0.2) is 34.8 Å². The second kappa shape index (κ2) is 7.36. The number of fused-ring (bicyclic) bond motifs is 2. The molecule has 5 heteroatoms. The molecule has 1 aromatic rings. The van der Waals surface area contributed by atoms with E-state index < -0.39 is 6.10 Å². The van der Waals surface area contributed by atoms with Gasteiger partial charge in [-0.3, -0.25) is 4.79 Å². The summed E-state index contributed by atoms with van der Waals surface area (Å²) in [5, 5.41) is 10.2. The first-order valence-corrected chi connectivity index (χ1v) is 9.44. The molecule has 0 spiro atoms.